The van der Waals surface area contributed by atoms with Crippen molar-refractivity contribution < 1.29 is 20.4 Å². The summed E-state index contributed by atoms with van der Waals surface area (Å²) in [6, 6.07) is 57.4. The molecular weight excluding hydrogens is 655 g/mol. The lowest BCUT2D eigenvalue weighted by Gasteiger charge is -2.26. The largest absolute Gasteiger partial charge is 0.392 e. The summed E-state index contributed by atoms with van der Waals surface area (Å²) < 4.78 is 0. The summed E-state index contributed by atoms with van der Waals surface area (Å²) in [5, 5.41) is 38.2. The molecule has 0 fully saturated rings. The Bertz CT molecular complexity index is 2120. The van der Waals surface area contributed by atoms with Crippen LogP contribution >= 0.6 is 0 Å². The molecule has 7 rings (SSSR count). The fourth-order valence-electron chi connectivity index (χ4n) is 6.46. The third-order valence-corrected chi connectivity index (χ3v) is 9.55. The van der Waals surface area contributed by atoms with E-state index in [1.807, 2.05) is 97.1 Å². The van der Waals surface area contributed by atoms with Crippen LogP contribution in [0.4, 0.5) is 17.1 Å². The van der Waals surface area contributed by atoms with Gasteiger partial charge in [0.1, 0.15) is 0 Å². The molecule has 5 heteroatoms. The van der Waals surface area contributed by atoms with Gasteiger partial charge in [0.05, 0.1) is 26.4 Å². The van der Waals surface area contributed by atoms with Crippen molar-refractivity contribution in [2.45, 2.75) is 26.4 Å². The van der Waals surface area contributed by atoms with E-state index >= 15 is 0 Å². The quantitative estimate of drug-likeness (QED) is 0.0957. The average Bonchev–Trinajstić information content (AvgIpc) is 3.24. The van der Waals surface area contributed by atoms with E-state index in [-0.39, 0.29) is 26.4 Å². The first-order valence-corrected chi connectivity index (χ1v) is 17.7. The molecule has 4 N–H and O–H groups in total. The number of hydrogen-bond acceptors (Lipinski definition) is 5. The molecular formula is C48H41NO4. The number of rotatable bonds is 12. The van der Waals surface area contributed by atoms with Gasteiger partial charge in [-0.25, -0.2) is 0 Å². The van der Waals surface area contributed by atoms with Crippen LogP contribution in [0.5, 0.6) is 0 Å². The fraction of sp³-hybridized carbons (Fsp3) is 0.0833. The van der Waals surface area contributed by atoms with Crippen molar-refractivity contribution in [1.29, 1.82) is 0 Å². The van der Waals surface area contributed by atoms with Gasteiger partial charge in [-0.05, 0) is 109 Å². The van der Waals surface area contributed by atoms with E-state index in [4.69, 9.17) is 0 Å². The van der Waals surface area contributed by atoms with Gasteiger partial charge in [0.25, 0.3) is 0 Å². The Morgan fingerprint density at radius 2 is 0.604 bits per heavy atom. The molecule has 0 bridgehead atoms. The van der Waals surface area contributed by atoms with Crippen LogP contribution in [0.15, 0.2) is 170 Å². The van der Waals surface area contributed by atoms with Crippen LogP contribution in [-0.2, 0) is 26.4 Å². The predicted molar refractivity (Wildman–Crippen MR) is 216 cm³/mol. The van der Waals surface area contributed by atoms with E-state index in [9.17, 15) is 20.4 Å². The van der Waals surface area contributed by atoms with Crippen LogP contribution in [0.1, 0.15) is 38.9 Å². The minimum atomic E-state index is -0.0105. The molecule has 262 valence electrons. The zero-order valence-corrected chi connectivity index (χ0v) is 29.3. The molecule has 5 nitrogen and oxygen atoms in total. The van der Waals surface area contributed by atoms with Gasteiger partial charge in [0.15, 0.2) is 0 Å². The summed E-state index contributed by atoms with van der Waals surface area (Å²) in [5.74, 6) is 0. The molecule has 0 atom stereocenters. The SMILES string of the molecule is OCc1ccc(C(=Cc2ccc(N(c3ccc(-c4ccc(CO)cc4)cc3)c3ccc(-c4ccc(CO)cc4)cc3)cc2)c2ccc(CO)cc2)cc1. The van der Waals surface area contributed by atoms with Gasteiger partial charge < -0.3 is 25.3 Å². The third kappa shape index (κ3) is 8.20. The Hall–Kier alpha value is -6.08. The lowest BCUT2D eigenvalue weighted by Crippen LogP contribution is -2.09. The standard InChI is InChI=1S/C48H41NO4/c50-30-35-1-11-39(12-2-35)41-19-25-46(26-20-41)49(47-27-21-42(22-28-47)40-13-3-36(31-51)4-14-40)45-23-9-34(10-24-45)29-48(43-15-5-37(32-52)6-16-43)44-17-7-38(33-53)8-18-44/h1-29,50-53H,30-33H2. The molecule has 0 aliphatic rings. The maximum Gasteiger partial charge on any atom is 0.0681 e. The van der Waals surface area contributed by atoms with E-state index in [0.717, 1.165) is 83.8 Å². The molecule has 0 saturated carbocycles. The summed E-state index contributed by atoms with van der Waals surface area (Å²) in [4.78, 5) is 2.24. The third-order valence-electron chi connectivity index (χ3n) is 9.55. The smallest absolute Gasteiger partial charge is 0.0681 e. The number of nitrogens with zero attached hydrogens (tertiary/aromatic N) is 1. The summed E-state index contributed by atoms with van der Waals surface area (Å²) in [6.07, 6.45) is 2.17. The van der Waals surface area contributed by atoms with Gasteiger partial charge >= 0.3 is 0 Å². The highest BCUT2D eigenvalue weighted by molar-refractivity contribution is 5.92. The van der Waals surface area contributed by atoms with E-state index in [2.05, 4.69) is 83.8 Å². The van der Waals surface area contributed by atoms with Crippen molar-refractivity contribution in [1.82, 2.24) is 0 Å². The minimum absolute atomic E-state index is 0.0105. The Labute approximate surface area is 310 Å². The van der Waals surface area contributed by atoms with Crippen LogP contribution < -0.4 is 4.90 Å². The highest BCUT2D eigenvalue weighted by Gasteiger charge is 2.14. The molecule has 0 aliphatic heterocycles. The van der Waals surface area contributed by atoms with Crippen LogP contribution in [0.25, 0.3) is 33.9 Å². The van der Waals surface area contributed by atoms with Crippen LogP contribution in [-0.4, -0.2) is 20.4 Å². The molecule has 0 aliphatic carbocycles. The van der Waals surface area contributed by atoms with Crippen LogP contribution in [0.2, 0.25) is 0 Å². The molecule has 0 aromatic heterocycles. The first-order valence-electron chi connectivity index (χ1n) is 17.7. The Morgan fingerprint density at radius 3 is 0.906 bits per heavy atom. The van der Waals surface area contributed by atoms with E-state index in [1.54, 1.807) is 0 Å². The van der Waals surface area contributed by atoms with E-state index in [1.165, 1.54) is 0 Å². The number of aliphatic hydroxyl groups excluding tert-OH is 4. The molecule has 7 aromatic carbocycles. The topological polar surface area (TPSA) is 84.2 Å². The van der Waals surface area contributed by atoms with Gasteiger partial charge in [-0.15, -0.1) is 0 Å². The molecule has 7 aromatic rings. The molecule has 0 unspecified atom stereocenters. The van der Waals surface area contributed by atoms with Crippen molar-refractivity contribution in [3.8, 4) is 22.3 Å². The molecule has 53 heavy (non-hydrogen) atoms. The maximum absolute atomic E-state index is 9.62. The van der Waals surface area contributed by atoms with Crippen molar-refractivity contribution in [3.63, 3.8) is 0 Å². The lowest BCUT2D eigenvalue weighted by molar-refractivity contribution is 0.281. The average molecular weight is 696 g/mol. The monoisotopic (exact) mass is 695 g/mol. The number of anilines is 3. The Balaban J connectivity index is 1.25. The van der Waals surface area contributed by atoms with Gasteiger partial charge in [0, 0.05) is 17.1 Å². The number of benzene rings is 7. The van der Waals surface area contributed by atoms with E-state index in [0.29, 0.717) is 0 Å². The van der Waals surface area contributed by atoms with Gasteiger partial charge in [-0.1, -0.05) is 133 Å². The number of aliphatic hydroxyl groups is 4. The summed E-state index contributed by atoms with van der Waals surface area (Å²) in [7, 11) is 0. The van der Waals surface area contributed by atoms with Crippen LogP contribution in [0.3, 0.4) is 0 Å². The van der Waals surface area contributed by atoms with Crippen molar-refractivity contribution in [2.75, 3.05) is 4.90 Å². The predicted octanol–water partition coefficient (Wildman–Crippen LogP) is 10.0. The summed E-state index contributed by atoms with van der Waals surface area (Å²) >= 11 is 0. The Morgan fingerprint density at radius 1 is 0.340 bits per heavy atom. The molecule has 0 amide bonds. The first kappa shape index (κ1) is 35.3. The Kier molecular flexibility index (Phi) is 11.0. The maximum atomic E-state index is 9.62. The highest BCUT2D eigenvalue weighted by Crippen LogP contribution is 2.37. The molecule has 0 spiro atoms. The summed E-state index contributed by atoms with van der Waals surface area (Å²) in [6.45, 7) is 0.0192. The molecule has 0 heterocycles. The zero-order valence-electron chi connectivity index (χ0n) is 29.3. The van der Waals surface area contributed by atoms with Gasteiger partial charge in [-0.2, -0.15) is 0 Å². The normalized spacial score (nSPS) is 10.9. The van der Waals surface area contributed by atoms with Gasteiger partial charge in [-0.3, -0.25) is 0 Å². The second-order valence-corrected chi connectivity index (χ2v) is 13.0. The van der Waals surface area contributed by atoms with Crippen molar-refractivity contribution >= 4 is 28.7 Å². The van der Waals surface area contributed by atoms with Crippen molar-refractivity contribution in [2.24, 2.45) is 0 Å². The first-order chi connectivity index (χ1) is 26.0. The zero-order chi connectivity index (χ0) is 36.6. The highest BCUT2D eigenvalue weighted by atomic mass is 16.3. The lowest BCUT2D eigenvalue weighted by atomic mass is 9.94. The molecule has 0 saturated heterocycles. The second-order valence-electron chi connectivity index (χ2n) is 13.0. The second kappa shape index (κ2) is 16.5. The fourth-order valence-corrected chi connectivity index (χ4v) is 6.46. The van der Waals surface area contributed by atoms with E-state index < -0.39 is 0 Å². The van der Waals surface area contributed by atoms with Gasteiger partial charge in [0.2, 0.25) is 0 Å². The number of hydrogen-bond donors (Lipinski definition) is 4. The minimum Gasteiger partial charge on any atom is -0.392 e. The summed E-state index contributed by atoms with van der Waals surface area (Å²) in [5.41, 5.74) is 15.0. The molecule has 0 radical (unpaired) electrons. The van der Waals surface area contributed by atoms with Crippen LogP contribution in [0, 0.1) is 0 Å². The van der Waals surface area contributed by atoms with Crippen molar-refractivity contribution in [3.05, 3.63) is 209 Å².